The molecule has 2 heterocycles. The number of nitrogens with zero attached hydrogens (tertiary/aromatic N) is 4. The summed E-state index contributed by atoms with van der Waals surface area (Å²) in [5.41, 5.74) is 11.9. The molecule has 266 valence electrons. The van der Waals surface area contributed by atoms with E-state index in [9.17, 15) is 9.59 Å². The summed E-state index contributed by atoms with van der Waals surface area (Å²) in [6.07, 6.45) is 3.61. The van der Waals surface area contributed by atoms with Gasteiger partial charge in [0.05, 0.1) is 28.0 Å². The molecule has 1 aromatic heterocycles. The van der Waals surface area contributed by atoms with Crippen molar-refractivity contribution in [1.29, 1.82) is 0 Å². The number of hydrogen-bond acceptors (Lipinski definition) is 6. The van der Waals surface area contributed by atoms with Crippen molar-refractivity contribution >= 4 is 58.9 Å². The number of anilines is 4. The van der Waals surface area contributed by atoms with Gasteiger partial charge in [-0.2, -0.15) is 0 Å². The van der Waals surface area contributed by atoms with E-state index < -0.39 is 0 Å². The smallest absolute Gasteiger partial charge is 0.197 e. The van der Waals surface area contributed by atoms with Gasteiger partial charge in [-0.25, -0.2) is 9.97 Å². The molecule has 0 bridgehead atoms. The van der Waals surface area contributed by atoms with Gasteiger partial charge in [0, 0.05) is 11.1 Å². The normalized spacial score (nSPS) is 15.0. The molecule has 0 N–H and O–H groups in total. The highest BCUT2D eigenvalue weighted by molar-refractivity contribution is 6.41. The van der Waals surface area contributed by atoms with Crippen LogP contribution < -0.4 is 15.3 Å². The standard InChI is InChI=1S/C46H47BN4O2/c1-24(2)31-13-11-14-32(25(3)4)41(31)50-40(20-19-36-43(52)35-18-17-30(47)23-37(35)44(36)53)51(42-33(26(5)6)15-12-16-34(42)27(7)8)46-45(50)48-38-21-28(9)29(10)22-39(38)49-46/h11-27H,1-10H3/b36-19+. The van der Waals surface area contributed by atoms with E-state index in [1.165, 1.54) is 22.3 Å². The summed E-state index contributed by atoms with van der Waals surface area (Å²) in [5.74, 6) is 2.26. The first-order chi connectivity index (χ1) is 25.2. The number of fused-ring (bicyclic) bond motifs is 3. The molecule has 53 heavy (non-hydrogen) atoms. The van der Waals surface area contributed by atoms with Crippen LogP contribution in [0.3, 0.4) is 0 Å². The second-order valence-electron chi connectivity index (χ2n) is 15.7. The lowest BCUT2D eigenvalue weighted by molar-refractivity contribution is 0.0988. The molecule has 7 heteroatoms. The first-order valence-electron chi connectivity index (χ1n) is 18.7. The molecule has 0 unspecified atom stereocenters. The largest absolute Gasteiger partial charge is 0.288 e. The second kappa shape index (κ2) is 13.6. The highest BCUT2D eigenvalue weighted by Gasteiger charge is 2.41. The third-order valence-corrected chi connectivity index (χ3v) is 10.7. The van der Waals surface area contributed by atoms with Crippen LogP contribution in [0.5, 0.6) is 0 Å². The Morgan fingerprint density at radius 3 is 1.40 bits per heavy atom. The second-order valence-corrected chi connectivity index (χ2v) is 15.7. The van der Waals surface area contributed by atoms with Crippen LogP contribution in [0.15, 0.2) is 90.3 Å². The van der Waals surface area contributed by atoms with E-state index >= 15 is 0 Å². The van der Waals surface area contributed by atoms with Gasteiger partial charge in [-0.05, 0) is 95.2 Å². The van der Waals surface area contributed by atoms with E-state index in [0.717, 1.165) is 39.4 Å². The Labute approximate surface area is 315 Å². The van der Waals surface area contributed by atoms with E-state index in [4.69, 9.17) is 17.8 Å². The fourth-order valence-corrected chi connectivity index (χ4v) is 7.69. The minimum atomic E-state index is -0.327. The number of aryl methyl sites for hydroxylation is 2. The number of carbonyl (C=O) groups is 2. The van der Waals surface area contributed by atoms with Gasteiger partial charge in [-0.1, -0.05) is 115 Å². The van der Waals surface area contributed by atoms with E-state index in [2.05, 4.69) is 128 Å². The summed E-state index contributed by atoms with van der Waals surface area (Å²) in [7, 11) is 6.06. The van der Waals surface area contributed by atoms with Crippen molar-refractivity contribution in [1.82, 2.24) is 9.97 Å². The van der Waals surface area contributed by atoms with Crippen molar-refractivity contribution < 1.29 is 9.59 Å². The summed E-state index contributed by atoms with van der Waals surface area (Å²) >= 11 is 0. The number of hydrogen-bond donors (Lipinski definition) is 0. The van der Waals surface area contributed by atoms with Gasteiger partial charge in [0.2, 0.25) is 0 Å². The molecule has 0 spiro atoms. The van der Waals surface area contributed by atoms with E-state index in [1.807, 2.05) is 6.08 Å². The summed E-state index contributed by atoms with van der Waals surface area (Å²) in [6.45, 7) is 21.9. The fourth-order valence-electron chi connectivity index (χ4n) is 7.69. The monoisotopic (exact) mass is 698 g/mol. The molecular weight excluding hydrogens is 651 g/mol. The lowest BCUT2D eigenvalue weighted by atomic mass is 9.91. The summed E-state index contributed by atoms with van der Waals surface area (Å²) < 4.78 is 0. The number of Topliss-reactive ketones (excluding diaryl/α,β-unsaturated/α-hetero) is 2. The Morgan fingerprint density at radius 1 is 0.566 bits per heavy atom. The predicted octanol–water partition coefficient (Wildman–Crippen LogP) is 10.7. The molecule has 2 aliphatic rings. The van der Waals surface area contributed by atoms with Crippen LogP contribution in [0.1, 0.15) is 133 Å². The zero-order valence-electron chi connectivity index (χ0n) is 32.5. The molecule has 6 nitrogen and oxygen atoms in total. The highest BCUT2D eigenvalue weighted by Crippen LogP contribution is 2.54. The molecule has 7 rings (SSSR count). The van der Waals surface area contributed by atoms with Crippen molar-refractivity contribution in [3.05, 3.63) is 135 Å². The van der Waals surface area contributed by atoms with Crippen molar-refractivity contribution in [2.75, 3.05) is 9.80 Å². The van der Waals surface area contributed by atoms with Crippen LogP contribution in [0, 0.1) is 13.8 Å². The summed E-state index contributed by atoms with van der Waals surface area (Å²) in [4.78, 5) is 43.1. The van der Waals surface area contributed by atoms with Crippen LogP contribution in [-0.4, -0.2) is 29.4 Å². The van der Waals surface area contributed by atoms with Gasteiger partial charge >= 0.3 is 0 Å². The van der Waals surface area contributed by atoms with Gasteiger partial charge < -0.3 is 0 Å². The van der Waals surface area contributed by atoms with Gasteiger partial charge in [-0.3, -0.25) is 19.4 Å². The maximum Gasteiger partial charge on any atom is 0.197 e. The summed E-state index contributed by atoms with van der Waals surface area (Å²) in [5, 5.41) is 0. The first-order valence-corrected chi connectivity index (χ1v) is 18.7. The van der Waals surface area contributed by atoms with Gasteiger partial charge in [0.1, 0.15) is 13.7 Å². The molecule has 1 aliphatic heterocycles. The molecule has 0 fully saturated rings. The molecule has 5 aromatic rings. The SMILES string of the molecule is [B]c1ccc2c(c1)C(=O)/C(=C/C=C1N(c3c(C(C)C)cccc3C(C)C)c3nc4cc(C)c(C)cc4nc3N1c1c(C(C)C)cccc1C(C)C)C2=O. The molecule has 0 saturated carbocycles. The van der Waals surface area contributed by atoms with E-state index in [-0.39, 0.29) is 40.8 Å². The van der Waals surface area contributed by atoms with Crippen molar-refractivity contribution in [2.45, 2.75) is 92.9 Å². The molecule has 1 aliphatic carbocycles. The minimum Gasteiger partial charge on any atom is -0.288 e. The third-order valence-electron chi connectivity index (χ3n) is 10.7. The van der Waals surface area contributed by atoms with Crippen LogP contribution in [0.4, 0.5) is 23.0 Å². The third kappa shape index (κ3) is 6.00. The molecule has 0 amide bonds. The van der Waals surface area contributed by atoms with E-state index in [0.29, 0.717) is 28.2 Å². The Kier molecular flexibility index (Phi) is 9.26. The zero-order valence-corrected chi connectivity index (χ0v) is 32.5. The molecular formula is C46H47BN4O2. The topological polar surface area (TPSA) is 66.4 Å². The maximum absolute atomic E-state index is 13.9. The Balaban J connectivity index is 1.63. The summed E-state index contributed by atoms with van der Waals surface area (Å²) in [6, 6.07) is 22.2. The number of benzene rings is 4. The molecule has 0 saturated heterocycles. The number of para-hydroxylation sites is 2. The zero-order chi connectivity index (χ0) is 38.0. The number of allylic oxidation sites excluding steroid dienone is 3. The number of rotatable bonds is 7. The maximum atomic E-state index is 13.9. The van der Waals surface area contributed by atoms with Crippen LogP contribution >= 0.6 is 0 Å². The predicted molar refractivity (Wildman–Crippen MR) is 219 cm³/mol. The van der Waals surface area contributed by atoms with Crippen LogP contribution in [-0.2, 0) is 0 Å². The average molecular weight is 699 g/mol. The highest BCUT2D eigenvalue weighted by atomic mass is 16.2. The van der Waals surface area contributed by atoms with Gasteiger partial charge in [0.25, 0.3) is 0 Å². The average Bonchev–Trinajstić information content (AvgIpc) is 3.54. The number of aromatic nitrogens is 2. The number of carbonyl (C=O) groups excluding carboxylic acids is 2. The van der Waals surface area contributed by atoms with Gasteiger partial charge in [0.15, 0.2) is 23.2 Å². The molecule has 4 aromatic carbocycles. The Morgan fingerprint density at radius 2 is 0.981 bits per heavy atom. The van der Waals surface area contributed by atoms with Crippen LogP contribution in [0.25, 0.3) is 11.0 Å². The Hall–Kier alpha value is -5.30. The van der Waals surface area contributed by atoms with Crippen molar-refractivity contribution in [2.24, 2.45) is 0 Å². The molecule has 2 radical (unpaired) electrons. The minimum absolute atomic E-state index is 0.105. The molecule has 0 atom stereocenters. The van der Waals surface area contributed by atoms with Gasteiger partial charge in [-0.15, -0.1) is 0 Å². The van der Waals surface area contributed by atoms with Crippen LogP contribution in [0.2, 0.25) is 0 Å². The number of ketones is 2. The fraction of sp³-hybridized carbons (Fsp3) is 0.304. The van der Waals surface area contributed by atoms with Crippen molar-refractivity contribution in [3.8, 4) is 0 Å². The lowest BCUT2D eigenvalue weighted by Crippen LogP contribution is -2.26. The van der Waals surface area contributed by atoms with E-state index in [1.54, 1.807) is 24.3 Å². The van der Waals surface area contributed by atoms with Crippen molar-refractivity contribution in [3.63, 3.8) is 0 Å². The Bertz CT molecular complexity index is 2230. The lowest BCUT2D eigenvalue weighted by Gasteiger charge is -2.32. The quantitative estimate of drug-likeness (QED) is 0.0958. The first kappa shape index (κ1) is 36.1.